The van der Waals surface area contributed by atoms with Crippen molar-refractivity contribution < 1.29 is 9.90 Å². The topological polar surface area (TPSA) is 49.3 Å². The quantitative estimate of drug-likeness (QED) is 0.808. The number of thioether (sulfide) groups is 1. The largest absolute Gasteiger partial charge is 0.394 e. The number of carbonyl (C=O) groups is 1. The van der Waals surface area contributed by atoms with Gasteiger partial charge in [0, 0.05) is 11.3 Å². The van der Waals surface area contributed by atoms with Crippen molar-refractivity contribution >= 4 is 17.7 Å². The zero-order valence-corrected chi connectivity index (χ0v) is 12.7. The van der Waals surface area contributed by atoms with Gasteiger partial charge < -0.3 is 10.4 Å². The molecule has 2 N–H and O–H groups in total. The van der Waals surface area contributed by atoms with Crippen molar-refractivity contribution in [2.75, 3.05) is 12.9 Å². The van der Waals surface area contributed by atoms with E-state index in [1.165, 1.54) is 0 Å². The molecule has 0 radical (unpaired) electrons. The predicted octanol–water partition coefficient (Wildman–Crippen LogP) is 2.69. The number of aliphatic hydroxyl groups is 1. The summed E-state index contributed by atoms with van der Waals surface area (Å²) in [5.74, 6) is 1.24. The third kappa shape index (κ3) is 5.66. The minimum absolute atomic E-state index is 0.0194. The molecule has 1 unspecified atom stereocenters. The molecule has 1 atom stereocenters. The maximum atomic E-state index is 12.1. The fourth-order valence-electron chi connectivity index (χ4n) is 1.99. The fourth-order valence-corrected chi connectivity index (χ4v) is 2.50. The Balaban J connectivity index is 2.68. The van der Waals surface area contributed by atoms with Crippen LogP contribution in [0.25, 0.3) is 0 Å². The SMILES string of the molecule is CSCc1cccc(C(=O)NC(CO)CC(C)C)c1. The molecule has 0 saturated carbocycles. The van der Waals surface area contributed by atoms with Crippen LogP contribution in [0, 0.1) is 5.92 Å². The van der Waals surface area contributed by atoms with Gasteiger partial charge in [0.1, 0.15) is 0 Å². The van der Waals surface area contributed by atoms with Crippen molar-refractivity contribution in [3.05, 3.63) is 35.4 Å². The smallest absolute Gasteiger partial charge is 0.251 e. The van der Waals surface area contributed by atoms with Gasteiger partial charge >= 0.3 is 0 Å². The summed E-state index contributed by atoms with van der Waals surface area (Å²) in [6.07, 6.45) is 2.82. The summed E-state index contributed by atoms with van der Waals surface area (Å²) in [6, 6.07) is 7.47. The Hall–Kier alpha value is -1.00. The van der Waals surface area contributed by atoms with E-state index >= 15 is 0 Å². The highest BCUT2D eigenvalue weighted by atomic mass is 32.2. The summed E-state index contributed by atoms with van der Waals surface area (Å²) in [5.41, 5.74) is 1.80. The van der Waals surface area contributed by atoms with E-state index in [4.69, 9.17) is 0 Å². The van der Waals surface area contributed by atoms with E-state index in [2.05, 4.69) is 19.2 Å². The number of aliphatic hydroxyl groups excluding tert-OH is 1. The summed E-state index contributed by atoms with van der Waals surface area (Å²) in [5, 5.41) is 12.2. The maximum Gasteiger partial charge on any atom is 0.251 e. The van der Waals surface area contributed by atoms with Crippen LogP contribution in [0.3, 0.4) is 0 Å². The number of nitrogens with one attached hydrogen (secondary N) is 1. The van der Waals surface area contributed by atoms with Gasteiger partial charge in [-0.1, -0.05) is 26.0 Å². The van der Waals surface area contributed by atoms with Crippen LogP contribution in [-0.4, -0.2) is 29.9 Å². The van der Waals surface area contributed by atoms with E-state index in [1.54, 1.807) is 11.8 Å². The van der Waals surface area contributed by atoms with Crippen LogP contribution in [0.1, 0.15) is 36.2 Å². The van der Waals surface area contributed by atoms with Crippen LogP contribution >= 0.6 is 11.8 Å². The average Bonchev–Trinajstić information content (AvgIpc) is 2.38. The Bertz CT molecular complexity index is 407. The second-order valence-electron chi connectivity index (χ2n) is 5.12. The first kappa shape index (κ1) is 16.1. The van der Waals surface area contributed by atoms with Crippen molar-refractivity contribution in [2.45, 2.75) is 32.1 Å². The second kappa shape index (κ2) is 8.23. The van der Waals surface area contributed by atoms with Crippen molar-refractivity contribution in [1.29, 1.82) is 0 Å². The van der Waals surface area contributed by atoms with Crippen molar-refractivity contribution in [3.8, 4) is 0 Å². The summed E-state index contributed by atoms with van der Waals surface area (Å²) >= 11 is 1.73. The Morgan fingerprint density at radius 2 is 2.16 bits per heavy atom. The molecule has 1 aromatic rings. The number of benzene rings is 1. The van der Waals surface area contributed by atoms with Gasteiger partial charge in [0.2, 0.25) is 0 Å². The van der Waals surface area contributed by atoms with E-state index in [9.17, 15) is 9.90 Å². The second-order valence-corrected chi connectivity index (χ2v) is 5.98. The molecule has 106 valence electrons. The van der Waals surface area contributed by atoms with Crippen molar-refractivity contribution in [2.24, 2.45) is 5.92 Å². The van der Waals surface area contributed by atoms with E-state index < -0.39 is 0 Å². The van der Waals surface area contributed by atoms with Gasteiger partial charge in [-0.25, -0.2) is 0 Å². The minimum Gasteiger partial charge on any atom is -0.394 e. The average molecular weight is 281 g/mol. The van der Waals surface area contributed by atoms with Crippen molar-refractivity contribution in [1.82, 2.24) is 5.32 Å². The Morgan fingerprint density at radius 1 is 1.42 bits per heavy atom. The molecule has 0 aliphatic rings. The summed E-state index contributed by atoms with van der Waals surface area (Å²) in [7, 11) is 0. The molecule has 1 aromatic carbocycles. The molecular weight excluding hydrogens is 258 g/mol. The van der Waals surface area contributed by atoms with Crippen LogP contribution < -0.4 is 5.32 Å². The third-order valence-electron chi connectivity index (χ3n) is 2.81. The number of amides is 1. The lowest BCUT2D eigenvalue weighted by Crippen LogP contribution is -2.38. The molecule has 3 nitrogen and oxygen atoms in total. The molecule has 0 aliphatic carbocycles. The fraction of sp³-hybridized carbons (Fsp3) is 0.533. The molecule has 0 heterocycles. The zero-order valence-electron chi connectivity index (χ0n) is 11.8. The van der Waals surface area contributed by atoms with Crippen LogP contribution in [0.5, 0.6) is 0 Å². The van der Waals surface area contributed by atoms with Gasteiger partial charge in [-0.05, 0) is 36.3 Å². The normalized spacial score (nSPS) is 12.5. The highest BCUT2D eigenvalue weighted by molar-refractivity contribution is 7.97. The van der Waals surface area contributed by atoms with E-state index in [-0.39, 0.29) is 18.6 Å². The minimum atomic E-state index is -0.170. The first-order chi connectivity index (χ1) is 9.06. The van der Waals surface area contributed by atoms with Gasteiger partial charge in [-0.3, -0.25) is 4.79 Å². The number of carbonyl (C=O) groups excluding carboxylic acids is 1. The van der Waals surface area contributed by atoms with Gasteiger partial charge in [0.05, 0.1) is 12.6 Å². The Labute approximate surface area is 119 Å². The highest BCUT2D eigenvalue weighted by Crippen LogP contribution is 2.12. The summed E-state index contributed by atoms with van der Waals surface area (Å²) in [4.78, 5) is 12.1. The van der Waals surface area contributed by atoms with Crippen LogP contribution in [0.4, 0.5) is 0 Å². The molecule has 1 rings (SSSR count). The van der Waals surface area contributed by atoms with E-state index in [0.717, 1.165) is 17.7 Å². The predicted molar refractivity (Wildman–Crippen MR) is 81.5 cm³/mol. The number of hydrogen-bond donors (Lipinski definition) is 2. The Morgan fingerprint density at radius 3 is 2.74 bits per heavy atom. The van der Waals surface area contributed by atoms with Crippen LogP contribution in [0.2, 0.25) is 0 Å². The molecule has 0 aliphatic heterocycles. The molecule has 19 heavy (non-hydrogen) atoms. The molecule has 0 aromatic heterocycles. The molecule has 0 fully saturated rings. The maximum absolute atomic E-state index is 12.1. The lowest BCUT2D eigenvalue weighted by Gasteiger charge is -2.18. The van der Waals surface area contributed by atoms with Gasteiger partial charge in [-0.2, -0.15) is 11.8 Å². The van der Waals surface area contributed by atoms with Gasteiger partial charge in [0.25, 0.3) is 5.91 Å². The van der Waals surface area contributed by atoms with Gasteiger partial charge in [-0.15, -0.1) is 0 Å². The molecule has 0 spiro atoms. The first-order valence-corrected chi connectivity index (χ1v) is 7.95. The van der Waals surface area contributed by atoms with E-state index in [1.807, 2.05) is 30.5 Å². The molecular formula is C15H23NO2S. The molecule has 1 amide bonds. The first-order valence-electron chi connectivity index (χ1n) is 6.56. The summed E-state index contributed by atoms with van der Waals surface area (Å²) in [6.45, 7) is 4.14. The van der Waals surface area contributed by atoms with E-state index in [0.29, 0.717) is 11.5 Å². The zero-order chi connectivity index (χ0) is 14.3. The lowest BCUT2D eigenvalue weighted by atomic mass is 10.0. The Kier molecular flexibility index (Phi) is 6.95. The van der Waals surface area contributed by atoms with Gasteiger partial charge in [0.15, 0.2) is 0 Å². The number of rotatable bonds is 7. The van der Waals surface area contributed by atoms with Crippen molar-refractivity contribution in [3.63, 3.8) is 0 Å². The molecule has 0 bridgehead atoms. The monoisotopic (exact) mass is 281 g/mol. The lowest BCUT2D eigenvalue weighted by molar-refractivity contribution is 0.0908. The molecule has 4 heteroatoms. The van der Waals surface area contributed by atoms with Crippen LogP contribution in [0.15, 0.2) is 24.3 Å². The third-order valence-corrected chi connectivity index (χ3v) is 3.43. The summed E-state index contributed by atoms with van der Waals surface area (Å²) < 4.78 is 0. The standard InChI is InChI=1S/C15H23NO2S/c1-11(2)7-14(9-17)16-15(18)13-6-4-5-12(8-13)10-19-3/h4-6,8,11,14,17H,7,9-10H2,1-3H3,(H,16,18). The number of hydrogen-bond acceptors (Lipinski definition) is 3. The van der Waals surface area contributed by atoms with Crippen LogP contribution in [-0.2, 0) is 5.75 Å². The highest BCUT2D eigenvalue weighted by Gasteiger charge is 2.14. The molecule has 0 saturated heterocycles.